The Hall–Kier alpha value is -0.630. The molecule has 0 bridgehead atoms. The van der Waals surface area contributed by atoms with Crippen LogP contribution in [0.2, 0.25) is 0 Å². The summed E-state index contributed by atoms with van der Waals surface area (Å²) in [7, 11) is 0. The van der Waals surface area contributed by atoms with E-state index in [1.165, 1.54) is 0 Å². The Labute approximate surface area is 79.3 Å². The van der Waals surface area contributed by atoms with Gasteiger partial charge >= 0.3 is 0 Å². The van der Waals surface area contributed by atoms with E-state index in [-0.39, 0.29) is 18.2 Å². The molecule has 4 heteroatoms. The molecule has 1 fully saturated rings. The maximum absolute atomic E-state index is 8.75. The second-order valence-corrected chi connectivity index (χ2v) is 3.57. The van der Waals surface area contributed by atoms with E-state index in [2.05, 4.69) is 11.0 Å². The molecule has 0 radical (unpaired) electrons. The van der Waals surface area contributed by atoms with Crippen LogP contribution in [0.15, 0.2) is 0 Å². The van der Waals surface area contributed by atoms with Gasteiger partial charge < -0.3 is 10.5 Å². The summed E-state index contributed by atoms with van der Waals surface area (Å²) in [5.74, 6) is 0. The molecule has 4 nitrogen and oxygen atoms in total. The Balaban J connectivity index is 2.47. The maximum Gasteiger partial charge on any atom is 0.0951 e. The summed E-state index contributed by atoms with van der Waals surface area (Å²) in [5, 5.41) is 8.75. The van der Waals surface area contributed by atoms with Gasteiger partial charge in [0.05, 0.1) is 24.8 Å². The van der Waals surface area contributed by atoms with Crippen LogP contribution in [0, 0.1) is 11.3 Å². The van der Waals surface area contributed by atoms with E-state index in [9.17, 15) is 0 Å². The molecular weight excluding hydrogens is 166 g/mol. The van der Waals surface area contributed by atoms with Gasteiger partial charge in [0.25, 0.3) is 0 Å². The lowest BCUT2D eigenvalue weighted by atomic mass is 10.1. The van der Waals surface area contributed by atoms with Crippen LogP contribution in [0.25, 0.3) is 0 Å². The number of nitrogens with two attached hydrogens (primary N) is 1. The third-order valence-electron chi connectivity index (χ3n) is 2.45. The average Bonchev–Trinajstić information content (AvgIpc) is 2.17. The number of morpholine rings is 1. The maximum atomic E-state index is 8.75. The minimum Gasteiger partial charge on any atom is -0.374 e. The lowest BCUT2D eigenvalue weighted by Crippen LogP contribution is -2.51. The zero-order valence-electron chi connectivity index (χ0n) is 8.23. The largest absolute Gasteiger partial charge is 0.374 e. The highest BCUT2D eigenvalue weighted by atomic mass is 16.5. The molecule has 1 aliphatic heterocycles. The molecule has 1 aliphatic rings. The number of hydrogen-bond acceptors (Lipinski definition) is 4. The molecule has 0 saturated carbocycles. The van der Waals surface area contributed by atoms with Gasteiger partial charge in [-0.3, -0.25) is 4.90 Å². The first kappa shape index (κ1) is 10.5. The van der Waals surface area contributed by atoms with Crippen molar-refractivity contribution in [1.29, 1.82) is 5.26 Å². The zero-order valence-corrected chi connectivity index (χ0v) is 8.23. The highest BCUT2D eigenvalue weighted by Crippen LogP contribution is 2.10. The number of hydrogen-bond donors (Lipinski definition) is 1. The third-order valence-corrected chi connectivity index (χ3v) is 2.45. The van der Waals surface area contributed by atoms with E-state index in [0.29, 0.717) is 6.61 Å². The molecule has 13 heavy (non-hydrogen) atoms. The number of rotatable bonds is 2. The average molecular weight is 183 g/mol. The van der Waals surface area contributed by atoms with E-state index < -0.39 is 0 Å². The Morgan fingerprint density at radius 1 is 1.62 bits per heavy atom. The lowest BCUT2D eigenvalue weighted by Gasteiger charge is -2.35. The second kappa shape index (κ2) is 4.56. The van der Waals surface area contributed by atoms with Gasteiger partial charge in [0.1, 0.15) is 0 Å². The Morgan fingerprint density at radius 2 is 2.31 bits per heavy atom. The first-order valence-electron chi connectivity index (χ1n) is 4.66. The predicted molar refractivity (Wildman–Crippen MR) is 50.0 cm³/mol. The Kier molecular flexibility index (Phi) is 3.67. The van der Waals surface area contributed by atoms with Gasteiger partial charge in [0.2, 0.25) is 0 Å². The highest BCUT2D eigenvalue weighted by molar-refractivity contribution is 4.91. The van der Waals surface area contributed by atoms with Crippen LogP contribution in [0.4, 0.5) is 0 Å². The molecule has 0 aromatic heterocycles. The van der Waals surface area contributed by atoms with E-state index in [0.717, 1.165) is 13.1 Å². The molecule has 1 rings (SSSR count). The molecule has 3 atom stereocenters. The molecule has 74 valence electrons. The standard InChI is InChI=1S/C9H17N3O/c1-7(5-10)12-3-4-13-9(6-12)8(2)11/h7-9H,3-4,6,11H2,1-2H3. The van der Waals surface area contributed by atoms with Crippen LogP contribution in [0.5, 0.6) is 0 Å². The van der Waals surface area contributed by atoms with Gasteiger partial charge in [0, 0.05) is 19.1 Å². The summed E-state index contributed by atoms with van der Waals surface area (Å²) in [6.07, 6.45) is 0.0737. The molecular formula is C9H17N3O. The SMILES string of the molecule is CC(N)C1CN(C(C)C#N)CCO1. The highest BCUT2D eigenvalue weighted by Gasteiger charge is 2.25. The van der Waals surface area contributed by atoms with E-state index in [1.807, 2.05) is 13.8 Å². The summed E-state index contributed by atoms with van der Waals surface area (Å²) in [4.78, 5) is 2.11. The summed E-state index contributed by atoms with van der Waals surface area (Å²) in [6.45, 7) is 6.12. The normalized spacial score (nSPS) is 29.2. The first-order chi connectivity index (χ1) is 6.15. The van der Waals surface area contributed by atoms with Crippen molar-refractivity contribution in [3.63, 3.8) is 0 Å². The fraction of sp³-hybridized carbons (Fsp3) is 0.889. The van der Waals surface area contributed by atoms with Crippen molar-refractivity contribution in [1.82, 2.24) is 4.90 Å². The van der Waals surface area contributed by atoms with Crippen LogP contribution in [-0.2, 0) is 4.74 Å². The predicted octanol–water partition coefficient (Wildman–Crippen LogP) is -0.0535. The van der Waals surface area contributed by atoms with Crippen molar-refractivity contribution >= 4 is 0 Å². The molecule has 3 unspecified atom stereocenters. The Bertz CT molecular complexity index is 200. The van der Waals surface area contributed by atoms with Gasteiger partial charge in [-0.15, -0.1) is 0 Å². The van der Waals surface area contributed by atoms with Crippen molar-refractivity contribution < 1.29 is 4.74 Å². The molecule has 0 aromatic rings. The second-order valence-electron chi connectivity index (χ2n) is 3.57. The summed E-state index contributed by atoms with van der Waals surface area (Å²) < 4.78 is 5.49. The van der Waals surface area contributed by atoms with Crippen LogP contribution >= 0.6 is 0 Å². The molecule has 0 amide bonds. The van der Waals surface area contributed by atoms with Crippen LogP contribution in [0.3, 0.4) is 0 Å². The van der Waals surface area contributed by atoms with Gasteiger partial charge in [-0.1, -0.05) is 0 Å². The monoisotopic (exact) mass is 183 g/mol. The van der Waals surface area contributed by atoms with E-state index >= 15 is 0 Å². The summed E-state index contributed by atoms with van der Waals surface area (Å²) in [5.41, 5.74) is 5.74. The molecule has 0 aliphatic carbocycles. The van der Waals surface area contributed by atoms with Crippen molar-refractivity contribution in [2.45, 2.75) is 32.0 Å². The fourth-order valence-electron chi connectivity index (χ4n) is 1.45. The van der Waals surface area contributed by atoms with Crippen molar-refractivity contribution in [3.8, 4) is 6.07 Å². The third kappa shape index (κ3) is 2.66. The molecule has 0 spiro atoms. The van der Waals surface area contributed by atoms with Crippen LogP contribution in [0.1, 0.15) is 13.8 Å². The summed E-state index contributed by atoms with van der Waals surface area (Å²) >= 11 is 0. The topological polar surface area (TPSA) is 62.3 Å². The van der Waals surface area contributed by atoms with Crippen LogP contribution in [-0.4, -0.2) is 42.8 Å². The molecule has 0 aromatic carbocycles. The van der Waals surface area contributed by atoms with Crippen molar-refractivity contribution in [2.24, 2.45) is 5.73 Å². The molecule has 1 saturated heterocycles. The van der Waals surface area contributed by atoms with E-state index in [4.69, 9.17) is 15.7 Å². The number of nitrogens with zero attached hydrogens (tertiary/aromatic N) is 2. The smallest absolute Gasteiger partial charge is 0.0951 e. The summed E-state index contributed by atoms with van der Waals surface area (Å²) in [6, 6.07) is 2.22. The molecule has 2 N–H and O–H groups in total. The van der Waals surface area contributed by atoms with Gasteiger partial charge in [0.15, 0.2) is 0 Å². The minimum atomic E-state index is -0.0369. The van der Waals surface area contributed by atoms with Crippen molar-refractivity contribution in [3.05, 3.63) is 0 Å². The Morgan fingerprint density at radius 3 is 2.85 bits per heavy atom. The zero-order chi connectivity index (χ0) is 9.84. The van der Waals surface area contributed by atoms with Gasteiger partial charge in [-0.05, 0) is 13.8 Å². The van der Waals surface area contributed by atoms with Gasteiger partial charge in [-0.25, -0.2) is 0 Å². The van der Waals surface area contributed by atoms with Gasteiger partial charge in [-0.2, -0.15) is 5.26 Å². The minimum absolute atomic E-state index is 0.0358. The number of nitriles is 1. The first-order valence-corrected chi connectivity index (χ1v) is 4.66. The quantitative estimate of drug-likeness (QED) is 0.652. The van der Waals surface area contributed by atoms with E-state index in [1.54, 1.807) is 0 Å². The van der Waals surface area contributed by atoms with Crippen LogP contribution < -0.4 is 5.73 Å². The van der Waals surface area contributed by atoms with Crippen molar-refractivity contribution in [2.75, 3.05) is 19.7 Å². The number of ether oxygens (including phenoxy) is 1. The molecule has 1 heterocycles. The lowest BCUT2D eigenvalue weighted by molar-refractivity contribution is -0.0430. The fourth-order valence-corrected chi connectivity index (χ4v) is 1.45.